The molecule has 0 atom stereocenters. The van der Waals surface area contributed by atoms with Crippen molar-refractivity contribution in [2.75, 3.05) is 9.80 Å². The molecule has 0 radical (unpaired) electrons. The van der Waals surface area contributed by atoms with E-state index in [0.717, 1.165) is 0 Å². The fourth-order valence-corrected chi connectivity index (χ4v) is 12.2. The van der Waals surface area contributed by atoms with Gasteiger partial charge in [-0.15, -0.1) is 0 Å². The second kappa shape index (κ2) is 13.0. The summed E-state index contributed by atoms with van der Waals surface area (Å²) < 4.78 is 0. The van der Waals surface area contributed by atoms with Crippen molar-refractivity contribution in [2.24, 2.45) is 0 Å². The predicted molar refractivity (Wildman–Crippen MR) is 257 cm³/mol. The van der Waals surface area contributed by atoms with E-state index in [9.17, 15) is 0 Å². The largest absolute Gasteiger partial charge is 0.312 e. The molecule has 4 aliphatic heterocycles. The lowest BCUT2D eigenvalue weighted by atomic mass is 9.29. The van der Waals surface area contributed by atoms with E-state index in [1.165, 1.54) is 116 Å². The third-order valence-electron chi connectivity index (χ3n) is 13.2. The van der Waals surface area contributed by atoms with Crippen molar-refractivity contribution in [3.8, 4) is 33.4 Å². The van der Waals surface area contributed by atoms with Crippen molar-refractivity contribution in [3.05, 3.63) is 206 Å². The van der Waals surface area contributed by atoms with Crippen LogP contribution in [0.5, 0.6) is 0 Å². The number of rotatable bonds is 4. The zero-order valence-electron chi connectivity index (χ0n) is 33.0. The number of fused-ring (bicyclic) bond motifs is 10. The van der Waals surface area contributed by atoms with Gasteiger partial charge >= 0.3 is 0 Å². The SMILES string of the molecule is Cc1ccccc1N1c2ccccc2B2c3ccccc3N3c4ccccc4B4c5ccccc5Sc5c4c3c2c1c5-c1c(-c2ccccc2)cccc1-c1ccccc1. The lowest BCUT2D eigenvalue weighted by Gasteiger charge is -2.50. The number of nitrogens with zero attached hydrogens (tertiary/aromatic N) is 2. The molecule has 278 valence electrons. The molecule has 0 spiro atoms. The minimum absolute atomic E-state index is 0.0140. The Kier molecular flexibility index (Phi) is 7.38. The summed E-state index contributed by atoms with van der Waals surface area (Å²) in [4.78, 5) is 7.93. The smallest absolute Gasteiger partial charge is 0.252 e. The van der Waals surface area contributed by atoms with Crippen LogP contribution in [0.2, 0.25) is 0 Å². The molecule has 2 nitrogen and oxygen atoms in total. The molecule has 0 fully saturated rings. The van der Waals surface area contributed by atoms with Gasteiger partial charge in [-0.05, 0) is 92.4 Å². The normalized spacial score (nSPS) is 13.6. The first-order chi connectivity index (χ1) is 29.8. The Hall–Kier alpha value is -6.94. The molecular formula is C55H36B2N2S. The highest BCUT2D eigenvalue weighted by Gasteiger charge is 2.52. The highest BCUT2D eigenvalue weighted by molar-refractivity contribution is 8.00. The zero-order valence-corrected chi connectivity index (χ0v) is 33.8. The molecular weight excluding hydrogens is 742 g/mol. The first-order valence-electron chi connectivity index (χ1n) is 20.9. The van der Waals surface area contributed by atoms with Gasteiger partial charge in [-0.2, -0.15) is 0 Å². The van der Waals surface area contributed by atoms with Crippen LogP contribution in [0.3, 0.4) is 0 Å². The van der Waals surface area contributed by atoms with Crippen molar-refractivity contribution in [2.45, 2.75) is 16.7 Å². The molecule has 0 aromatic heterocycles. The van der Waals surface area contributed by atoms with E-state index in [2.05, 4.69) is 217 Å². The fourth-order valence-electron chi connectivity index (χ4n) is 10.9. The highest BCUT2D eigenvalue weighted by atomic mass is 32.2. The lowest BCUT2D eigenvalue weighted by Crippen LogP contribution is -2.68. The van der Waals surface area contributed by atoms with Gasteiger partial charge in [0.2, 0.25) is 6.71 Å². The molecule has 0 N–H and O–H groups in total. The standard InChI is InChI=1S/C55H36B2N2S/c1-35-19-8-13-30-44(35)58-45-31-14-9-26-40(45)56-41-27-10-15-32-46(41)59-47-33-16-11-28-42(47)57-43-29-12-17-34-48(43)60-55-50(53(58)51(56)54(59)52(55)57)49-38(36-20-4-2-5-21-36)24-18-25-39(49)37-22-6-3-7-23-37/h2-34H,1H3. The van der Waals surface area contributed by atoms with Crippen LogP contribution in [0, 0.1) is 6.92 Å². The second-order valence-electron chi connectivity index (χ2n) is 16.3. The van der Waals surface area contributed by atoms with Crippen molar-refractivity contribution < 1.29 is 0 Å². The number of benzene rings is 9. The number of aryl methyl sites for hydroxylation is 1. The van der Waals surface area contributed by atoms with Crippen molar-refractivity contribution in [1.29, 1.82) is 0 Å². The van der Waals surface area contributed by atoms with E-state index in [-0.39, 0.29) is 13.4 Å². The maximum absolute atomic E-state index is 2.64. The number of para-hydroxylation sites is 4. The van der Waals surface area contributed by atoms with Gasteiger partial charge in [-0.1, -0.05) is 187 Å². The average Bonchev–Trinajstić information content (AvgIpc) is 3.31. The van der Waals surface area contributed by atoms with Crippen LogP contribution in [0.15, 0.2) is 210 Å². The van der Waals surface area contributed by atoms with E-state index in [1.54, 1.807) is 0 Å². The van der Waals surface area contributed by atoms with E-state index in [4.69, 9.17) is 0 Å². The zero-order chi connectivity index (χ0) is 39.5. The summed E-state index contributed by atoms with van der Waals surface area (Å²) in [6, 6.07) is 74.8. The molecule has 4 aliphatic rings. The van der Waals surface area contributed by atoms with Crippen LogP contribution in [-0.4, -0.2) is 13.4 Å². The van der Waals surface area contributed by atoms with Crippen LogP contribution in [0.4, 0.5) is 34.1 Å². The van der Waals surface area contributed by atoms with E-state index < -0.39 is 0 Å². The quantitative estimate of drug-likeness (QED) is 0.164. The van der Waals surface area contributed by atoms with E-state index >= 15 is 0 Å². The summed E-state index contributed by atoms with van der Waals surface area (Å²) in [5, 5.41) is 0. The lowest BCUT2D eigenvalue weighted by molar-refractivity contribution is 1.22. The Morgan fingerprint density at radius 1 is 0.367 bits per heavy atom. The Morgan fingerprint density at radius 2 is 0.817 bits per heavy atom. The summed E-state index contributed by atoms with van der Waals surface area (Å²) in [5.74, 6) is 0. The molecule has 0 saturated heterocycles. The molecule has 9 aromatic rings. The van der Waals surface area contributed by atoms with Gasteiger partial charge in [-0.25, -0.2) is 0 Å². The van der Waals surface area contributed by atoms with Crippen LogP contribution in [-0.2, 0) is 0 Å². The molecule has 0 unspecified atom stereocenters. The molecule has 5 heteroatoms. The summed E-state index contributed by atoms with van der Waals surface area (Å²) in [6.45, 7) is 2.34. The molecule has 60 heavy (non-hydrogen) atoms. The second-order valence-corrected chi connectivity index (χ2v) is 17.4. The van der Waals surface area contributed by atoms with E-state index in [1.807, 2.05) is 11.8 Å². The highest BCUT2D eigenvalue weighted by Crippen LogP contribution is 2.56. The molecule has 0 bridgehead atoms. The topological polar surface area (TPSA) is 6.48 Å². The fraction of sp³-hybridized carbons (Fsp3) is 0.0182. The predicted octanol–water partition coefficient (Wildman–Crippen LogP) is 10.4. The minimum atomic E-state index is 0.0140. The molecule has 0 aliphatic carbocycles. The molecule has 13 rings (SSSR count). The van der Waals surface area contributed by atoms with Crippen LogP contribution in [0.25, 0.3) is 33.4 Å². The van der Waals surface area contributed by atoms with Crippen molar-refractivity contribution in [3.63, 3.8) is 0 Å². The first kappa shape index (κ1) is 34.0. The third kappa shape index (κ3) is 4.64. The minimum Gasteiger partial charge on any atom is -0.312 e. The van der Waals surface area contributed by atoms with Crippen LogP contribution >= 0.6 is 11.8 Å². The molecule has 0 amide bonds. The Balaban J connectivity index is 1.30. The first-order valence-corrected chi connectivity index (χ1v) is 21.8. The van der Waals surface area contributed by atoms with Gasteiger partial charge < -0.3 is 9.80 Å². The average molecular weight is 779 g/mol. The van der Waals surface area contributed by atoms with Crippen molar-refractivity contribution in [1.82, 2.24) is 0 Å². The summed E-state index contributed by atoms with van der Waals surface area (Å²) in [6.07, 6.45) is 0. The molecule has 0 saturated carbocycles. The van der Waals surface area contributed by atoms with Gasteiger partial charge in [0.25, 0.3) is 6.71 Å². The number of anilines is 6. The maximum Gasteiger partial charge on any atom is 0.252 e. The monoisotopic (exact) mass is 778 g/mol. The Morgan fingerprint density at radius 3 is 1.38 bits per heavy atom. The van der Waals surface area contributed by atoms with Crippen molar-refractivity contribution >= 4 is 92.1 Å². The summed E-state index contributed by atoms with van der Waals surface area (Å²) >= 11 is 1.96. The van der Waals surface area contributed by atoms with Gasteiger partial charge in [0.05, 0.1) is 5.69 Å². The number of hydrogen-bond donors (Lipinski definition) is 0. The van der Waals surface area contributed by atoms with Gasteiger partial charge in [0.1, 0.15) is 0 Å². The summed E-state index contributed by atoms with van der Waals surface area (Å²) in [5.41, 5.74) is 24.5. The Labute approximate surface area is 356 Å². The van der Waals surface area contributed by atoms with E-state index in [0.29, 0.717) is 0 Å². The van der Waals surface area contributed by atoms with Gasteiger partial charge in [0, 0.05) is 49.4 Å². The molecule has 4 heterocycles. The van der Waals surface area contributed by atoms with Crippen LogP contribution in [0.1, 0.15) is 5.56 Å². The van der Waals surface area contributed by atoms with Gasteiger partial charge in [0.15, 0.2) is 0 Å². The maximum atomic E-state index is 2.64. The Bertz CT molecular complexity index is 3170. The number of hydrogen-bond acceptors (Lipinski definition) is 3. The van der Waals surface area contributed by atoms with Crippen LogP contribution < -0.4 is 42.6 Å². The molecule has 9 aromatic carbocycles. The third-order valence-corrected chi connectivity index (χ3v) is 14.5. The summed E-state index contributed by atoms with van der Waals surface area (Å²) in [7, 11) is 0. The van der Waals surface area contributed by atoms with Gasteiger partial charge in [-0.3, -0.25) is 0 Å².